The van der Waals surface area contributed by atoms with Crippen LogP contribution in [-0.2, 0) is 4.79 Å². The molecule has 2 heterocycles. The molecule has 3 aromatic rings. The summed E-state index contributed by atoms with van der Waals surface area (Å²) in [6, 6.07) is 8.29. The summed E-state index contributed by atoms with van der Waals surface area (Å²) < 4.78 is 25.2. The Labute approximate surface area is 251 Å². The predicted molar refractivity (Wildman–Crippen MR) is 163 cm³/mol. The number of methoxy groups -OCH3 is 3. The standard InChI is InChI=1S/C30H34BrN3O6S/c1-8-33(9-2)29(36)25-17(4)32-30-34(26(25)20-16-19(37-5)11-12-22(20)38-6)28(35)24(41-30)15-18-13-21(31)27(40-10-3)23(14-18)39-7/h11-16,26H,8-10H2,1-7H3/b24-15+/t26-/m0/s1. The van der Waals surface area contributed by atoms with Gasteiger partial charge in [0.25, 0.3) is 11.5 Å². The van der Waals surface area contributed by atoms with Crippen molar-refractivity contribution in [2.24, 2.45) is 4.99 Å². The minimum Gasteiger partial charge on any atom is -0.497 e. The molecule has 218 valence electrons. The van der Waals surface area contributed by atoms with Crippen molar-refractivity contribution in [3.05, 3.63) is 76.9 Å². The fourth-order valence-electron chi connectivity index (χ4n) is 4.88. The van der Waals surface area contributed by atoms with Gasteiger partial charge in [0.15, 0.2) is 16.3 Å². The molecule has 41 heavy (non-hydrogen) atoms. The van der Waals surface area contributed by atoms with Crippen molar-refractivity contribution in [3.8, 4) is 23.0 Å². The Morgan fingerprint density at radius 1 is 1.07 bits per heavy atom. The van der Waals surface area contributed by atoms with Gasteiger partial charge in [-0.05, 0) is 85.6 Å². The van der Waals surface area contributed by atoms with Crippen molar-refractivity contribution < 1.29 is 23.7 Å². The number of carbonyl (C=O) groups is 1. The molecule has 1 atom stereocenters. The van der Waals surface area contributed by atoms with E-state index in [1.54, 1.807) is 49.0 Å². The Balaban J connectivity index is 2.00. The molecule has 0 aliphatic carbocycles. The third-order valence-corrected chi connectivity index (χ3v) is 8.44. The molecule has 1 amide bonds. The Kier molecular flexibility index (Phi) is 9.60. The fourth-order valence-corrected chi connectivity index (χ4v) is 6.50. The molecule has 0 fully saturated rings. The Bertz CT molecular complexity index is 1670. The quantitative estimate of drug-likeness (QED) is 0.327. The summed E-state index contributed by atoms with van der Waals surface area (Å²) in [6.45, 7) is 9.08. The molecule has 1 aromatic heterocycles. The monoisotopic (exact) mass is 643 g/mol. The Morgan fingerprint density at radius 3 is 2.39 bits per heavy atom. The number of fused-ring (bicyclic) bond motifs is 1. The van der Waals surface area contributed by atoms with E-state index in [0.717, 1.165) is 5.56 Å². The van der Waals surface area contributed by atoms with Gasteiger partial charge in [-0.3, -0.25) is 14.2 Å². The number of rotatable bonds is 10. The van der Waals surface area contributed by atoms with Crippen molar-refractivity contribution in [1.29, 1.82) is 0 Å². The molecule has 1 aliphatic rings. The number of benzene rings is 2. The van der Waals surface area contributed by atoms with Gasteiger partial charge in [0.2, 0.25) is 0 Å². The lowest BCUT2D eigenvalue weighted by Gasteiger charge is -2.30. The van der Waals surface area contributed by atoms with Gasteiger partial charge in [-0.25, -0.2) is 4.99 Å². The van der Waals surface area contributed by atoms with E-state index < -0.39 is 6.04 Å². The highest BCUT2D eigenvalue weighted by atomic mass is 79.9. The maximum absolute atomic E-state index is 14.1. The zero-order valence-corrected chi connectivity index (χ0v) is 26.6. The number of carbonyl (C=O) groups excluding carboxylic acids is 1. The molecule has 0 N–H and O–H groups in total. The second kappa shape index (κ2) is 12.9. The lowest BCUT2D eigenvalue weighted by Crippen LogP contribution is -2.43. The third-order valence-electron chi connectivity index (χ3n) is 6.87. The number of amides is 1. The SMILES string of the molecule is CCOc1c(Br)cc(/C=c2/sc3n(c2=O)[C@@H](c2cc(OC)ccc2OC)C(C(=O)N(CC)CC)=C(C)N=3)cc1OC. The van der Waals surface area contributed by atoms with Crippen molar-refractivity contribution in [1.82, 2.24) is 9.47 Å². The fraction of sp³-hybridized carbons (Fsp3) is 0.367. The number of thiazole rings is 1. The second-order valence-electron chi connectivity index (χ2n) is 9.13. The number of allylic oxidation sites excluding steroid dienone is 1. The molecule has 11 heteroatoms. The highest BCUT2D eigenvalue weighted by Crippen LogP contribution is 2.39. The first-order chi connectivity index (χ1) is 19.7. The second-order valence-corrected chi connectivity index (χ2v) is 11.0. The van der Waals surface area contributed by atoms with Crippen LogP contribution < -0.4 is 33.8 Å². The van der Waals surface area contributed by atoms with Crippen LogP contribution in [0.25, 0.3) is 6.08 Å². The first kappa shape index (κ1) is 30.4. The third kappa shape index (κ3) is 5.78. The van der Waals surface area contributed by atoms with E-state index >= 15 is 0 Å². The average molecular weight is 645 g/mol. The van der Waals surface area contributed by atoms with Gasteiger partial charge in [0.1, 0.15) is 17.5 Å². The van der Waals surface area contributed by atoms with E-state index in [1.165, 1.54) is 11.3 Å². The van der Waals surface area contributed by atoms with Gasteiger partial charge in [-0.15, -0.1) is 0 Å². The summed E-state index contributed by atoms with van der Waals surface area (Å²) in [4.78, 5) is 35.0. The average Bonchev–Trinajstić information content (AvgIpc) is 3.27. The molecule has 0 unspecified atom stereocenters. The van der Waals surface area contributed by atoms with Gasteiger partial charge >= 0.3 is 0 Å². The van der Waals surface area contributed by atoms with E-state index in [1.807, 2.05) is 45.9 Å². The minimum absolute atomic E-state index is 0.180. The number of hydrogen-bond acceptors (Lipinski definition) is 8. The smallest absolute Gasteiger partial charge is 0.271 e. The lowest BCUT2D eigenvalue weighted by molar-refractivity contribution is -0.127. The van der Waals surface area contributed by atoms with Gasteiger partial charge in [-0.1, -0.05) is 11.3 Å². The van der Waals surface area contributed by atoms with E-state index in [4.69, 9.17) is 23.9 Å². The molecule has 0 radical (unpaired) electrons. The van der Waals surface area contributed by atoms with E-state index in [0.29, 0.717) is 73.3 Å². The van der Waals surface area contributed by atoms with Gasteiger partial charge in [0.05, 0.1) is 48.2 Å². The largest absolute Gasteiger partial charge is 0.497 e. The number of halogens is 1. The van der Waals surface area contributed by atoms with Gasteiger partial charge in [-0.2, -0.15) is 0 Å². The van der Waals surface area contributed by atoms with Crippen LogP contribution in [0.1, 0.15) is 44.9 Å². The van der Waals surface area contributed by atoms with Crippen LogP contribution in [0.2, 0.25) is 0 Å². The summed E-state index contributed by atoms with van der Waals surface area (Å²) >= 11 is 4.82. The molecular weight excluding hydrogens is 610 g/mol. The number of likely N-dealkylation sites (N-methyl/N-ethyl adjacent to an activating group) is 1. The molecule has 0 bridgehead atoms. The van der Waals surface area contributed by atoms with Crippen LogP contribution in [0, 0.1) is 0 Å². The van der Waals surface area contributed by atoms with Crippen LogP contribution in [0.3, 0.4) is 0 Å². The maximum Gasteiger partial charge on any atom is 0.271 e. The highest BCUT2D eigenvalue weighted by molar-refractivity contribution is 9.10. The van der Waals surface area contributed by atoms with Crippen LogP contribution in [0.5, 0.6) is 23.0 Å². The lowest BCUT2D eigenvalue weighted by atomic mass is 9.93. The van der Waals surface area contributed by atoms with Gasteiger partial charge in [0, 0.05) is 18.7 Å². The molecular formula is C30H34BrN3O6S. The first-order valence-electron chi connectivity index (χ1n) is 13.3. The number of ether oxygens (including phenoxy) is 4. The Hall–Kier alpha value is -3.57. The summed E-state index contributed by atoms with van der Waals surface area (Å²) in [5.74, 6) is 2.07. The van der Waals surface area contributed by atoms with E-state index in [9.17, 15) is 9.59 Å². The number of hydrogen-bond donors (Lipinski definition) is 0. The zero-order chi connectivity index (χ0) is 29.8. The Morgan fingerprint density at radius 2 is 1.78 bits per heavy atom. The van der Waals surface area contributed by atoms with Crippen LogP contribution in [-0.4, -0.2) is 56.4 Å². The molecule has 0 saturated heterocycles. The zero-order valence-electron chi connectivity index (χ0n) is 24.2. The van der Waals surface area contributed by atoms with Crippen molar-refractivity contribution in [3.63, 3.8) is 0 Å². The molecule has 1 aliphatic heterocycles. The van der Waals surface area contributed by atoms with Gasteiger partial charge < -0.3 is 23.8 Å². The molecule has 0 saturated carbocycles. The molecule has 4 rings (SSSR count). The molecule has 2 aromatic carbocycles. The van der Waals surface area contributed by atoms with Crippen LogP contribution in [0.4, 0.5) is 0 Å². The molecule has 9 nitrogen and oxygen atoms in total. The minimum atomic E-state index is -0.770. The van der Waals surface area contributed by atoms with E-state index in [-0.39, 0.29) is 11.5 Å². The molecule has 0 spiro atoms. The summed E-state index contributed by atoms with van der Waals surface area (Å²) in [5.41, 5.74) is 2.08. The summed E-state index contributed by atoms with van der Waals surface area (Å²) in [6.07, 6.45) is 1.79. The van der Waals surface area contributed by atoms with Crippen molar-refractivity contribution in [2.75, 3.05) is 41.0 Å². The van der Waals surface area contributed by atoms with Crippen molar-refractivity contribution in [2.45, 2.75) is 33.7 Å². The number of nitrogens with zero attached hydrogens (tertiary/aromatic N) is 3. The number of aromatic nitrogens is 1. The highest BCUT2D eigenvalue weighted by Gasteiger charge is 2.36. The van der Waals surface area contributed by atoms with Crippen LogP contribution in [0.15, 0.2) is 55.9 Å². The first-order valence-corrected chi connectivity index (χ1v) is 14.9. The maximum atomic E-state index is 14.1. The predicted octanol–water partition coefficient (Wildman–Crippen LogP) is 4.29. The normalized spacial score (nSPS) is 14.8. The van der Waals surface area contributed by atoms with Crippen LogP contribution >= 0.6 is 27.3 Å². The van der Waals surface area contributed by atoms with Crippen molar-refractivity contribution >= 4 is 39.2 Å². The summed E-state index contributed by atoms with van der Waals surface area (Å²) in [5, 5.41) is 0. The topological polar surface area (TPSA) is 91.6 Å². The van der Waals surface area contributed by atoms with E-state index in [2.05, 4.69) is 15.9 Å². The summed E-state index contributed by atoms with van der Waals surface area (Å²) in [7, 11) is 4.71.